The topological polar surface area (TPSA) is 71.2 Å². The lowest BCUT2D eigenvalue weighted by Crippen LogP contribution is -2.47. The monoisotopic (exact) mass is 284 g/mol. The van der Waals surface area contributed by atoms with E-state index < -0.39 is 0 Å². The summed E-state index contributed by atoms with van der Waals surface area (Å²) in [4.78, 5) is 17.6. The minimum Gasteiger partial charge on any atom is -0.396 e. The van der Waals surface area contributed by atoms with Crippen molar-refractivity contribution >= 4 is 17.2 Å². The Labute approximate surface area is 124 Å². The van der Waals surface area contributed by atoms with Crippen LogP contribution in [0.15, 0.2) is 24.7 Å². The Morgan fingerprint density at radius 3 is 2.38 bits per heavy atom. The molecule has 0 radical (unpaired) electrons. The molecule has 2 aromatic heterocycles. The van der Waals surface area contributed by atoms with Crippen LogP contribution in [0.1, 0.15) is 11.4 Å². The van der Waals surface area contributed by atoms with Crippen LogP contribution in [0.2, 0.25) is 0 Å². The lowest BCUT2D eigenvalue weighted by Gasteiger charge is -2.37. The predicted octanol–water partition coefficient (Wildman–Crippen LogP) is 1.40. The molecule has 2 aromatic rings. The van der Waals surface area contributed by atoms with Gasteiger partial charge in [-0.15, -0.1) is 0 Å². The summed E-state index contributed by atoms with van der Waals surface area (Å²) < 4.78 is 0. The average Bonchev–Trinajstić information content (AvgIpc) is 2.51. The van der Waals surface area contributed by atoms with Crippen LogP contribution < -0.4 is 15.5 Å². The fourth-order valence-electron chi connectivity index (χ4n) is 2.55. The second-order valence-corrected chi connectivity index (χ2v) is 5.31. The Morgan fingerprint density at radius 1 is 1.00 bits per heavy atom. The fraction of sp³-hybridized carbons (Fsp3) is 0.400. The normalized spacial score (nSPS) is 15.3. The van der Waals surface area contributed by atoms with Crippen molar-refractivity contribution in [1.82, 2.24) is 15.0 Å². The van der Waals surface area contributed by atoms with E-state index in [1.807, 2.05) is 26.1 Å². The molecule has 0 spiro atoms. The van der Waals surface area contributed by atoms with Gasteiger partial charge >= 0.3 is 0 Å². The van der Waals surface area contributed by atoms with Crippen LogP contribution >= 0.6 is 0 Å². The third-order valence-electron chi connectivity index (χ3n) is 3.95. The molecule has 21 heavy (non-hydrogen) atoms. The smallest absolute Gasteiger partial charge is 0.147 e. The fourth-order valence-corrected chi connectivity index (χ4v) is 2.55. The molecule has 0 aliphatic carbocycles. The maximum Gasteiger partial charge on any atom is 0.147 e. The quantitative estimate of drug-likeness (QED) is 0.898. The summed E-state index contributed by atoms with van der Waals surface area (Å²) in [7, 11) is 0. The van der Waals surface area contributed by atoms with Crippen LogP contribution in [-0.4, -0.2) is 41.1 Å². The van der Waals surface area contributed by atoms with E-state index in [2.05, 4.69) is 24.8 Å². The van der Waals surface area contributed by atoms with Crippen LogP contribution in [0.5, 0.6) is 0 Å². The molecule has 0 amide bonds. The van der Waals surface area contributed by atoms with E-state index in [1.165, 1.54) is 0 Å². The highest BCUT2D eigenvalue weighted by atomic mass is 15.3. The first-order chi connectivity index (χ1) is 10.1. The molecule has 3 heterocycles. The Kier molecular flexibility index (Phi) is 3.60. The number of hydrogen-bond acceptors (Lipinski definition) is 6. The molecule has 6 nitrogen and oxygen atoms in total. The van der Waals surface area contributed by atoms with Crippen LogP contribution in [0, 0.1) is 13.8 Å². The number of anilines is 3. The summed E-state index contributed by atoms with van der Waals surface area (Å²) in [5.41, 5.74) is 9.77. The first kappa shape index (κ1) is 13.6. The predicted molar refractivity (Wildman–Crippen MR) is 84.6 cm³/mol. The first-order valence-electron chi connectivity index (χ1n) is 7.15. The van der Waals surface area contributed by atoms with Crippen LogP contribution in [0.3, 0.4) is 0 Å². The van der Waals surface area contributed by atoms with Gasteiger partial charge in [-0.25, -0.2) is 4.98 Å². The van der Waals surface area contributed by atoms with Crippen molar-refractivity contribution in [2.75, 3.05) is 41.7 Å². The Morgan fingerprint density at radius 2 is 1.71 bits per heavy atom. The molecule has 1 saturated heterocycles. The highest BCUT2D eigenvalue weighted by Crippen LogP contribution is 2.23. The number of pyridine rings is 1. The Hall–Kier alpha value is -2.37. The molecule has 6 heteroatoms. The van der Waals surface area contributed by atoms with Crippen molar-refractivity contribution in [3.05, 3.63) is 36.0 Å². The molecule has 0 bridgehead atoms. The summed E-state index contributed by atoms with van der Waals surface area (Å²) in [6, 6.07) is 1.97. The summed E-state index contributed by atoms with van der Waals surface area (Å²) >= 11 is 0. The highest BCUT2D eigenvalue weighted by molar-refractivity contribution is 5.66. The van der Waals surface area contributed by atoms with E-state index in [-0.39, 0.29) is 0 Å². The number of nitrogens with zero attached hydrogens (tertiary/aromatic N) is 5. The number of nitrogens with two attached hydrogens (primary N) is 1. The third-order valence-corrected chi connectivity index (χ3v) is 3.95. The molecular weight excluding hydrogens is 264 g/mol. The third kappa shape index (κ3) is 2.74. The van der Waals surface area contributed by atoms with Crippen LogP contribution in [0.4, 0.5) is 17.2 Å². The van der Waals surface area contributed by atoms with Gasteiger partial charge < -0.3 is 15.5 Å². The minimum absolute atomic E-state index is 0.733. The Balaban J connectivity index is 1.70. The molecule has 2 N–H and O–H groups in total. The van der Waals surface area contributed by atoms with E-state index in [0.717, 1.165) is 54.8 Å². The van der Waals surface area contributed by atoms with Gasteiger partial charge in [-0.1, -0.05) is 0 Å². The maximum absolute atomic E-state index is 5.99. The van der Waals surface area contributed by atoms with Crippen molar-refractivity contribution in [2.24, 2.45) is 0 Å². The molecule has 1 aliphatic heterocycles. The van der Waals surface area contributed by atoms with Crippen molar-refractivity contribution in [2.45, 2.75) is 13.8 Å². The van der Waals surface area contributed by atoms with E-state index in [4.69, 9.17) is 5.73 Å². The van der Waals surface area contributed by atoms with E-state index in [0.29, 0.717) is 0 Å². The van der Waals surface area contributed by atoms with Crippen molar-refractivity contribution < 1.29 is 0 Å². The van der Waals surface area contributed by atoms with Gasteiger partial charge in [0.2, 0.25) is 0 Å². The molecular formula is C15H20N6. The lowest BCUT2D eigenvalue weighted by molar-refractivity contribution is 0.645. The van der Waals surface area contributed by atoms with Gasteiger partial charge in [-0.2, -0.15) is 0 Å². The molecule has 1 aliphatic rings. The zero-order valence-electron chi connectivity index (χ0n) is 12.5. The second-order valence-electron chi connectivity index (χ2n) is 5.31. The molecule has 0 unspecified atom stereocenters. The van der Waals surface area contributed by atoms with Gasteiger partial charge in [0.25, 0.3) is 0 Å². The van der Waals surface area contributed by atoms with Crippen molar-refractivity contribution in [3.8, 4) is 0 Å². The van der Waals surface area contributed by atoms with Gasteiger partial charge in [-0.3, -0.25) is 9.97 Å². The second kappa shape index (κ2) is 5.55. The zero-order chi connectivity index (χ0) is 14.8. The van der Waals surface area contributed by atoms with Crippen LogP contribution in [-0.2, 0) is 0 Å². The van der Waals surface area contributed by atoms with Gasteiger partial charge in [-0.05, 0) is 19.9 Å². The lowest BCUT2D eigenvalue weighted by atomic mass is 10.2. The molecule has 110 valence electrons. The van der Waals surface area contributed by atoms with Gasteiger partial charge in [0.1, 0.15) is 5.82 Å². The van der Waals surface area contributed by atoms with E-state index in [9.17, 15) is 0 Å². The maximum atomic E-state index is 5.99. The number of aryl methyl sites for hydroxylation is 2. The Bertz CT molecular complexity index is 634. The number of hydrogen-bond donors (Lipinski definition) is 1. The molecule has 0 atom stereocenters. The van der Waals surface area contributed by atoms with Gasteiger partial charge in [0.15, 0.2) is 0 Å². The summed E-state index contributed by atoms with van der Waals surface area (Å²) in [5.74, 6) is 0.959. The van der Waals surface area contributed by atoms with Crippen molar-refractivity contribution in [1.29, 1.82) is 0 Å². The summed E-state index contributed by atoms with van der Waals surface area (Å²) in [6.45, 7) is 7.65. The van der Waals surface area contributed by atoms with Crippen LogP contribution in [0.25, 0.3) is 0 Å². The first-order valence-corrected chi connectivity index (χ1v) is 7.15. The summed E-state index contributed by atoms with van der Waals surface area (Å²) in [5, 5.41) is 0. The number of aromatic nitrogens is 3. The SMILES string of the molecule is Cc1ncc(N2CCN(c3ccncc3N)CC2)nc1C. The number of rotatable bonds is 2. The average molecular weight is 284 g/mol. The van der Waals surface area contributed by atoms with E-state index >= 15 is 0 Å². The largest absolute Gasteiger partial charge is 0.396 e. The number of piperazine rings is 1. The zero-order valence-corrected chi connectivity index (χ0v) is 12.5. The van der Waals surface area contributed by atoms with Gasteiger partial charge in [0, 0.05) is 32.4 Å². The van der Waals surface area contributed by atoms with Gasteiger partial charge in [0.05, 0.1) is 35.2 Å². The molecule has 1 fully saturated rings. The minimum atomic E-state index is 0.733. The highest BCUT2D eigenvalue weighted by Gasteiger charge is 2.20. The molecule has 3 rings (SSSR count). The van der Waals surface area contributed by atoms with Crippen molar-refractivity contribution in [3.63, 3.8) is 0 Å². The number of nitrogen functional groups attached to an aromatic ring is 1. The molecule has 0 aromatic carbocycles. The molecule has 0 saturated carbocycles. The standard InChI is InChI=1S/C15H20N6/c1-11-12(2)19-15(10-18-11)21-7-5-20(6-8-21)14-3-4-17-9-13(14)16/h3-4,9-10H,5-8,16H2,1-2H3. The summed E-state index contributed by atoms with van der Waals surface area (Å²) in [6.07, 6.45) is 5.35. The van der Waals surface area contributed by atoms with E-state index in [1.54, 1.807) is 12.4 Å².